The van der Waals surface area contributed by atoms with Crippen LogP contribution >= 0.6 is 0 Å². The molecule has 2 saturated heterocycles. The molecule has 9 nitrogen and oxygen atoms in total. The van der Waals surface area contributed by atoms with Crippen molar-refractivity contribution in [3.05, 3.63) is 29.8 Å². The fraction of sp³-hybridized carbons (Fsp3) is 0.583. The number of benzene rings is 1. The topological polar surface area (TPSA) is 125 Å². The Kier molecular flexibility index (Phi) is 6.69. The summed E-state index contributed by atoms with van der Waals surface area (Å²) in [5, 5.41) is 5.65. The number of piperidine rings is 1. The van der Waals surface area contributed by atoms with Gasteiger partial charge in [0.1, 0.15) is 12.1 Å². The second-order valence-corrected chi connectivity index (χ2v) is 9.66. The average Bonchev–Trinajstić information content (AvgIpc) is 3.02. The van der Waals surface area contributed by atoms with Gasteiger partial charge in [-0.15, -0.1) is 0 Å². The molecule has 178 valence electrons. The van der Waals surface area contributed by atoms with Gasteiger partial charge >= 0.3 is 6.03 Å². The van der Waals surface area contributed by atoms with Crippen LogP contribution in [0.15, 0.2) is 24.3 Å². The fourth-order valence-electron chi connectivity index (χ4n) is 5.37. The molecule has 0 bridgehead atoms. The van der Waals surface area contributed by atoms with Crippen molar-refractivity contribution < 1.29 is 19.2 Å². The van der Waals surface area contributed by atoms with Gasteiger partial charge in [-0.3, -0.25) is 24.2 Å². The number of nitrogens with one attached hydrogen (secondary N) is 2. The lowest BCUT2D eigenvalue weighted by Crippen LogP contribution is -2.54. The van der Waals surface area contributed by atoms with Crippen molar-refractivity contribution in [2.45, 2.75) is 57.5 Å². The van der Waals surface area contributed by atoms with Crippen LogP contribution in [-0.4, -0.2) is 58.7 Å². The lowest BCUT2D eigenvalue weighted by molar-refractivity contribution is -0.136. The minimum Gasteiger partial charge on any atom is -0.369 e. The van der Waals surface area contributed by atoms with Crippen molar-refractivity contribution in [2.75, 3.05) is 25.0 Å². The number of primary amides is 1. The van der Waals surface area contributed by atoms with Gasteiger partial charge in [-0.2, -0.15) is 0 Å². The number of nitrogens with zero attached hydrogens (tertiary/aromatic N) is 2. The molecule has 33 heavy (non-hydrogen) atoms. The summed E-state index contributed by atoms with van der Waals surface area (Å²) in [5.41, 5.74) is 6.27. The molecule has 3 atom stereocenters. The van der Waals surface area contributed by atoms with E-state index in [1.54, 1.807) is 12.1 Å². The summed E-state index contributed by atoms with van der Waals surface area (Å²) in [5.74, 6) is -0.986. The molecule has 2 heterocycles. The van der Waals surface area contributed by atoms with Gasteiger partial charge in [-0.1, -0.05) is 31.9 Å². The molecule has 1 aromatic carbocycles. The van der Waals surface area contributed by atoms with E-state index in [9.17, 15) is 19.2 Å². The molecule has 2 aliphatic heterocycles. The number of hydrogen-bond donors (Lipinski definition) is 3. The standard InChI is InChI=1S/C24H33N5O4/c1-16-5-2-3-11-24(16)22(32)29(23(33)27-24)15-20(30)26-19-9-7-17(8-10-19)13-28-12-4-6-18(14-28)21(25)31/h7-10,16,18H,2-6,11-15H2,1H3,(H2,25,31)(H,26,30)(H,27,33)/t16-,18-,24-/m1/s1. The molecule has 3 fully saturated rings. The number of carbonyl (C=O) groups is 4. The summed E-state index contributed by atoms with van der Waals surface area (Å²) < 4.78 is 0. The number of amides is 5. The second kappa shape index (κ2) is 9.51. The summed E-state index contributed by atoms with van der Waals surface area (Å²) in [6.07, 6.45) is 5.24. The lowest BCUT2D eigenvalue weighted by atomic mass is 9.73. The van der Waals surface area contributed by atoms with E-state index < -0.39 is 17.5 Å². The summed E-state index contributed by atoms with van der Waals surface area (Å²) >= 11 is 0. The van der Waals surface area contributed by atoms with Crippen molar-refractivity contribution in [1.29, 1.82) is 0 Å². The van der Waals surface area contributed by atoms with E-state index in [0.29, 0.717) is 25.2 Å². The number of hydrogen-bond acceptors (Lipinski definition) is 5. The Bertz CT molecular complexity index is 933. The Balaban J connectivity index is 1.31. The number of likely N-dealkylation sites (tertiary alicyclic amines) is 1. The molecule has 1 aromatic rings. The van der Waals surface area contributed by atoms with Crippen LogP contribution in [0.1, 0.15) is 51.0 Å². The van der Waals surface area contributed by atoms with E-state index in [1.165, 1.54) is 0 Å². The van der Waals surface area contributed by atoms with Gasteiger partial charge in [0.15, 0.2) is 0 Å². The van der Waals surface area contributed by atoms with Crippen molar-refractivity contribution in [3.8, 4) is 0 Å². The molecule has 5 amide bonds. The number of nitrogens with two attached hydrogens (primary N) is 1. The average molecular weight is 456 g/mol. The molecular formula is C24H33N5O4. The van der Waals surface area contributed by atoms with Gasteiger partial charge in [0, 0.05) is 18.8 Å². The molecule has 1 aliphatic carbocycles. The Morgan fingerprint density at radius 2 is 1.91 bits per heavy atom. The van der Waals surface area contributed by atoms with Gasteiger partial charge in [0.05, 0.1) is 5.92 Å². The van der Waals surface area contributed by atoms with Crippen molar-refractivity contribution in [2.24, 2.45) is 17.6 Å². The molecule has 9 heteroatoms. The predicted molar refractivity (Wildman–Crippen MR) is 123 cm³/mol. The highest BCUT2D eigenvalue weighted by Crippen LogP contribution is 2.38. The first kappa shape index (κ1) is 23.2. The van der Waals surface area contributed by atoms with Gasteiger partial charge in [0.25, 0.3) is 5.91 Å². The molecule has 4 rings (SSSR count). The van der Waals surface area contributed by atoms with Crippen LogP contribution in [0.2, 0.25) is 0 Å². The third-order valence-electron chi connectivity index (χ3n) is 7.35. The molecule has 1 saturated carbocycles. The third-order valence-corrected chi connectivity index (χ3v) is 7.35. The predicted octanol–water partition coefficient (Wildman–Crippen LogP) is 1.82. The number of imide groups is 1. The quantitative estimate of drug-likeness (QED) is 0.565. The van der Waals surface area contributed by atoms with Crippen molar-refractivity contribution in [3.63, 3.8) is 0 Å². The number of rotatable bonds is 6. The Labute approximate surface area is 194 Å². The van der Waals surface area contributed by atoms with Crippen LogP contribution in [0.25, 0.3) is 0 Å². The van der Waals surface area contributed by atoms with Crippen molar-refractivity contribution >= 4 is 29.4 Å². The largest absolute Gasteiger partial charge is 0.369 e. The molecular weight excluding hydrogens is 422 g/mol. The van der Waals surface area contributed by atoms with Crippen LogP contribution < -0.4 is 16.4 Å². The first-order chi connectivity index (χ1) is 15.8. The van der Waals surface area contributed by atoms with Crippen LogP contribution in [0.3, 0.4) is 0 Å². The SMILES string of the molecule is C[C@@H]1CCCC[C@@]12NC(=O)N(CC(=O)Nc1ccc(CN3CCC[C@@H](C(N)=O)C3)cc1)C2=O. The molecule has 4 N–H and O–H groups in total. The zero-order valence-electron chi connectivity index (χ0n) is 19.1. The summed E-state index contributed by atoms with van der Waals surface area (Å²) in [7, 11) is 0. The summed E-state index contributed by atoms with van der Waals surface area (Å²) in [6.45, 7) is 3.98. The zero-order chi connectivity index (χ0) is 23.6. The minimum absolute atomic E-state index is 0.0569. The fourth-order valence-corrected chi connectivity index (χ4v) is 5.37. The van der Waals surface area contributed by atoms with Gasteiger partial charge < -0.3 is 16.4 Å². The normalized spacial score (nSPS) is 28.1. The molecule has 3 aliphatic rings. The lowest BCUT2D eigenvalue weighted by Gasteiger charge is -2.36. The molecule has 0 radical (unpaired) electrons. The maximum absolute atomic E-state index is 13.0. The first-order valence-electron chi connectivity index (χ1n) is 11.8. The Morgan fingerprint density at radius 1 is 1.15 bits per heavy atom. The first-order valence-corrected chi connectivity index (χ1v) is 11.8. The van der Waals surface area contributed by atoms with Crippen LogP contribution in [0.4, 0.5) is 10.5 Å². The second-order valence-electron chi connectivity index (χ2n) is 9.66. The van der Waals surface area contributed by atoms with E-state index in [2.05, 4.69) is 15.5 Å². The molecule has 0 unspecified atom stereocenters. The monoisotopic (exact) mass is 455 g/mol. The highest BCUT2D eigenvalue weighted by atomic mass is 16.2. The van der Waals surface area contributed by atoms with E-state index in [-0.39, 0.29) is 30.2 Å². The minimum atomic E-state index is -0.862. The third kappa shape index (κ3) is 4.88. The number of anilines is 1. The number of urea groups is 1. The van der Waals surface area contributed by atoms with Gasteiger partial charge in [-0.25, -0.2) is 4.79 Å². The van der Waals surface area contributed by atoms with Gasteiger partial charge in [-0.05, 0) is 55.8 Å². The highest BCUT2D eigenvalue weighted by molar-refractivity contribution is 6.10. The van der Waals surface area contributed by atoms with Crippen molar-refractivity contribution in [1.82, 2.24) is 15.1 Å². The number of carbonyl (C=O) groups excluding carboxylic acids is 4. The smallest absolute Gasteiger partial charge is 0.325 e. The maximum Gasteiger partial charge on any atom is 0.325 e. The maximum atomic E-state index is 13.0. The Hall–Kier alpha value is -2.94. The summed E-state index contributed by atoms with van der Waals surface area (Å²) in [4.78, 5) is 52.8. The van der Waals surface area contributed by atoms with Crippen LogP contribution in [-0.2, 0) is 20.9 Å². The van der Waals surface area contributed by atoms with Crippen LogP contribution in [0.5, 0.6) is 0 Å². The molecule has 0 aromatic heterocycles. The van der Waals surface area contributed by atoms with E-state index in [4.69, 9.17) is 5.73 Å². The van der Waals surface area contributed by atoms with Crippen LogP contribution in [0, 0.1) is 11.8 Å². The molecule has 1 spiro atoms. The Morgan fingerprint density at radius 3 is 2.61 bits per heavy atom. The highest BCUT2D eigenvalue weighted by Gasteiger charge is 2.55. The van der Waals surface area contributed by atoms with E-state index in [1.807, 2.05) is 19.1 Å². The van der Waals surface area contributed by atoms with Gasteiger partial charge in [0.2, 0.25) is 11.8 Å². The zero-order valence-corrected chi connectivity index (χ0v) is 19.1. The summed E-state index contributed by atoms with van der Waals surface area (Å²) in [6, 6.07) is 6.97. The van der Waals surface area contributed by atoms with E-state index >= 15 is 0 Å². The van der Waals surface area contributed by atoms with E-state index in [0.717, 1.165) is 49.1 Å².